The Morgan fingerprint density at radius 3 is 2.59 bits per heavy atom. The summed E-state index contributed by atoms with van der Waals surface area (Å²) in [4.78, 5) is 14.9. The van der Waals surface area contributed by atoms with E-state index in [2.05, 4.69) is 24.1 Å². The van der Waals surface area contributed by atoms with E-state index in [1.807, 2.05) is 24.3 Å². The summed E-state index contributed by atoms with van der Waals surface area (Å²) < 4.78 is 5.27. The van der Waals surface area contributed by atoms with Gasteiger partial charge in [0.15, 0.2) is 0 Å². The maximum Gasteiger partial charge on any atom is 0.255 e. The molecule has 0 aromatic heterocycles. The summed E-state index contributed by atoms with van der Waals surface area (Å²) in [6.45, 7) is 7.50. The predicted molar refractivity (Wildman–Crippen MR) is 89.4 cm³/mol. The number of rotatable bonds is 7. The first-order valence-electron chi connectivity index (χ1n) is 8.27. The highest BCUT2D eigenvalue weighted by Gasteiger charge is 2.23. The van der Waals surface area contributed by atoms with Gasteiger partial charge in [-0.3, -0.25) is 9.69 Å². The van der Waals surface area contributed by atoms with Crippen molar-refractivity contribution in [1.82, 2.24) is 10.2 Å². The van der Waals surface area contributed by atoms with Crippen molar-refractivity contribution in [3.05, 3.63) is 29.8 Å². The fourth-order valence-electron chi connectivity index (χ4n) is 3.15. The molecule has 1 saturated heterocycles. The maximum atomic E-state index is 12.4. The van der Waals surface area contributed by atoms with Gasteiger partial charge in [0.2, 0.25) is 0 Å². The zero-order chi connectivity index (χ0) is 15.9. The van der Waals surface area contributed by atoms with Gasteiger partial charge in [-0.2, -0.15) is 0 Å². The van der Waals surface area contributed by atoms with Crippen molar-refractivity contribution in [3.8, 4) is 5.75 Å². The fraction of sp³-hybridized carbons (Fsp3) is 0.611. The van der Waals surface area contributed by atoms with E-state index < -0.39 is 0 Å². The lowest BCUT2D eigenvalue weighted by molar-refractivity contribution is 0.0930. The highest BCUT2D eigenvalue weighted by atomic mass is 16.5. The van der Waals surface area contributed by atoms with Crippen molar-refractivity contribution in [3.63, 3.8) is 0 Å². The predicted octanol–water partition coefficient (Wildman–Crippen LogP) is 2.94. The molecule has 1 unspecified atom stereocenters. The summed E-state index contributed by atoms with van der Waals surface area (Å²) in [5, 5.41) is 3.10. The second-order valence-corrected chi connectivity index (χ2v) is 6.44. The van der Waals surface area contributed by atoms with Gasteiger partial charge in [0.1, 0.15) is 5.75 Å². The number of methoxy groups -OCH3 is 1. The van der Waals surface area contributed by atoms with Gasteiger partial charge in [0.05, 0.1) is 12.7 Å². The van der Waals surface area contributed by atoms with Crippen molar-refractivity contribution in [2.45, 2.75) is 39.2 Å². The minimum atomic E-state index is -0.0506. The Labute approximate surface area is 133 Å². The van der Waals surface area contributed by atoms with Crippen molar-refractivity contribution in [2.24, 2.45) is 5.92 Å². The van der Waals surface area contributed by atoms with E-state index in [1.54, 1.807) is 7.11 Å². The van der Waals surface area contributed by atoms with Crippen molar-refractivity contribution in [1.29, 1.82) is 0 Å². The van der Waals surface area contributed by atoms with Crippen molar-refractivity contribution in [2.75, 3.05) is 26.7 Å². The SMILES string of the molecule is COc1ccccc1C(=O)NCC(CC(C)C)N1CCCC1. The zero-order valence-electron chi connectivity index (χ0n) is 14.0. The first kappa shape index (κ1) is 16.8. The molecule has 4 heteroatoms. The van der Waals surface area contributed by atoms with Crippen LogP contribution in [0.3, 0.4) is 0 Å². The fourth-order valence-corrected chi connectivity index (χ4v) is 3.15. The van der Waals surface area contributed by atoms with Crippen LogP contribution >= 0.6 is 0 Å². The summed E-state index contributed by atoms with van der Waals surface area (Å²) in [6.07, 6.45) is 3.66. The normalized spacial score (nSPS) is 16.7. The number of benzene rings is 1. The van der Waals surface area contributed by atoms with Crippen LogP contribution in [0.5, 0.6) is 5.75 Å². The van der Waals surface area contributed by atoms with Crippen LogP contribution in [0.15, 0.2) is 24.3 Å². The van der Waals surface area contributed by atoms with Gasteiger partial charge in [-0.05, 0) is 50.4 Å². The Morgan fingerprint density at radius 1 is 1.27 bits per heavy atom. The molecule has 0 saturated carbocycles. The number of ether oxygens (including phenoxy) is 1. The van der Waals surface area contributed by atoms with Gasteiger partial charge < -0.3 is 10.1 Å². The molecule has 1 aliphatic rings. The first-order valence-corrected chi connectivity index (χ1v) is 8.27. The number of hydrogen-bond donors (Lipinski definition) is 1. The molecule has 1 fully saturated rings. The number of carbonyl (C=O) groups excluding carboxylic acids is 1. The lowest BCUT2D eigenvalue weighted by atomic mass is 10.0. The Kier molecular flexibility index (Phi) is 6.25. The topological polar surface area (TPSA) is 41.6 Å². The molecule has 1 aliphatic heterocycles. The van der Waals surface area contributed by atoms with E-state index in [0.29, 0.717) is 29.8 Å². The molecule has 1 aromatic carbocycles. The van der Waals surface area contributed by atoms with E-state index >= 15 is 0 Å². The van der Waals surface area contributed by atoms with Crippen LogP contribution in [0.4, 0.5) is 0 Å². The lowest BCUT2D eigenvalue weighted by Gasteiger charge is -2.29. The van der Waals surface area contributed by atoms with Crippen LogP contribution < -0.4 is 10.1 Å². The molecule has 0 radical (unpaired) electrons. The molecule has 122 valence electrons. The second-order valence-electron chi connectivity index (χ2n) is 6.44. The summed E-state index contributed by atoms with van der Waals surface area (Å²) >= 11 is 0. The molecule has 2 rings (SSSR count). The molecule has 4 nitrogen and oxygen atoms in total. The lowest BCUT2D eigenvalue weighted by Crippen LogP contribution is -2.43. The van der Waals surface area contributed by atoms with Gasteiger partial charge in [-0.1, -0.05) is 26.0 Å². The Bertz CT molecular complexity index is 482. The molecule has 0 bridgehead atoms. The minimum absolute atomic E-state index is 0.0506. The molecule has 1 atom stereocenters. The molecular weight excluding hydrogens is 276 g/mol. The van der Waals surface area contributed by atoms with E-state index in [9.17, 15) is 4.79 Å². The van der Waals surface area contributed by atoms with E-state index in [1.165, 1.54) is 12.8 Å². The van der Waals surface area contributed by atoms with Crippen LogP contribution in [0.1, 0.15) is 43.5 Å². The van der Waals surface area contributed by atoms with Crippen LogP contribution in [0, 0.1) is 5.92 Å². The average molecular weight is 304 g/mol. The van der Waals surface area contributed by atoms with Gasteiger partial charge in [-0.25, -0.2) is 0 Å². The molecule has 1 N–H and O–H groups in total. The monoisotopic (exact) mass is 304 g/mol. The molecule has 1 amide bonds. The van der Waals surface area contributed by atoms with Gasteiger partial charge in [-0.15, -0.1) is 0 Å². The van der Waals surface area contributed by atoms with E-state index in [4.69, 9.17) is 4.74 Å². The molecular formula is C18H28N2O2. The Morgan fingerprint density at radius 2 is 1.95 bits per heavy atom. The smallest absolute Gasteiger partial charge is 0.255 e. The number of carbonyl (C=O) groups is 1. The van der Waals surface area contributed by atoms with Crippen molar-refractivity contribution < 1.29 is 9.53 Å². The number of para-hydroxylation sites is 1. The molecule has 0 aliphatic carbocycles. The third-order valence-corrected chi connectivity index (χ3v) is 4.25. The number of amides is 1. The van der Waals surface area contributed by atoms with E-state index in [-0.39, 0.29) is 5.91 Å². The number of hydrogen-bond acceptors (Lipinski definition) is 3. The third-order valence-electron chi connectivity index (χ3n) is 4.25. The Balaban J connectivity index is 1.97. The number of nitrogens with one attached hydrogen (secondary N) is 1. The highest BCUT2D eigenvalue weighted by Crippen LogP contribution is 2.19. The molecule has 1 heterocycles. The van der Waals surface area contributed by atoms with Gasteiger partial charge in [0.25, 0.3) is 5.91 Å². The molecule has 0 spiro atoms. The van der Waals surface area contributed by atoms with Crippen molar-refractivity contribution >= 4 is 5.91 Å². The van der Waals surface area contributed by atoms with Gasteiger partial charge in [0, 0.05) is 12.6 Å². The van der Waals surface area contributed by atoms with Crippen LogP contribution in [-0.4, -0.2) is 43.6 Å². The second kappa shape index (κ2) is 8.18. The maximum absolute atomic E-state index is 12.4. The largest absolute Gasteiger partial charge is 0.496 e. The summed E-state index contributed by atoms with van der Waals surface area (Å²) in [5.41, 5.74) is 0.606. The van der Waals surface area contributed by atoms with Crippen LogP contribution in [0.2, 0.25) is 0 Å². The third kappa shape index (κ3) is 4.47. The summed E-state index contributed by atoms with van der Waals surface area (Å²) in [5.74, 6) is 1.21. The number of nitrogens with zero attached hydrogens (tertiary/aromatic N) is 1. The zero-order valence-corrected chi connectivity index (χ0v) is 14.0. The number of likely N-dealkylation sites (tertiary alicyclic amines) is 1. The van der Waals surface area contributed by atoms with Crippen LogP contribution in [0.25, 0.3) is 0 Å². The minimum Gasteiger partial charge on any atom is -0.496 e. The molecule has 1 aromatic rings. The Hall–Kier alpha value is -1.55. The van der Waals surface area contributed by atoms with E-state index in [0.717, 1.165) is 19.5 Å². The quantitative estimate of drug-likeness (QED) is 0.842. The summed E-state index contributed by atoms with van der Waals surface area (Å²) in [6, 6.07) is 7.80. The van der Waals surface area contributed by atoms with Crippen LogP contribution in [-0.2, 0) is 0 Å². The molecule has 22 heavy (non-hydrogen) atoms. The van der Waals surface area contributed by atoms with Gasteiger partial charge >= 0.3 is 0 Å². The highest BCUT2D eigenvalue weighted by molar-refractivity contribution is 5.96. The summed E-state index contributed by atoms with van der Waals surface area (Å²) in [7, 11) is 1.60. The first-order chi connectivity index (χ1) is 10.6. The average Bonchev–Trinajstić information content (AvgIpc) is 3.05. The standard InChI is InChI=1S/C18H28N2O2/c1-14(2)12-15(20-10-6-7-11-20)13-19-18(21)16-8-4-5-9-17(16)22-3/h4-5,8-9,14-15H,6-7,10-13H2,1-3H3,(H,19,21).